The molecule has 0 aromatic heterocycles. The molecular weight excluding hydrogens is 499 g/mol. The van der Waals surface area contributed by atoms with E-state index in [4.69, 9.17) is 4.74 Å². The van der Waals surface area contributed by atoms with Crippen molar-refractivity contribution in [3.63, 3.8) is 0 Å². The minimum atomic E-state index is -4.66. The van der Waals surface area contributed by atoms with E-state index < -0.39 is 41.4 Å². The van der Waals surface area contributed by atoms with Crippen LogP contribution in [0.2, 0.25) is 0 Å². The minimum Gasteiger partial charge on any atom is -0.463 e. The van der Waals surface area contributed by atoms with Gasteiger partial charge >= 0.3 is 12.1 Å². The Morgan fingerprint density at radius 2 is 1.76 bits per heavy atom. The molecule has 2 amide bonds. The minimum absolute atomic E-state index is 0.00566. The highest BCUT2D eigenvalue weighted by molar-refractivity contribution is 6.14. The summed E-state index contributed by atoms with van der Waals surface area (Å²) in [6, 6.07) is 12.4. The van der Waals surface area contributed by atoms with E-state index in [0.29, 0.717) is 24.2 Å². The summed E-state index contributed by atoms with van der Waals surface area (Å²) in [5.74, 6) is -4.49. The summed E-state index contributed by atoms with van der Waals surface area (Å²) in [6.07, 6.45) is -3.15. The lowest BCUT2D eigenvalue weighted by molar-refractivity contribution is -0.143. The highest BCUT2D eigenvalue weighted by Gasteiger charge is 2.50. The number of esters is 1. The molecule has 7 nitrogen and oxygen atoms in total. The first-order valence-corrected chi connectivity index (χ1v) is 12.3. The number of hydrogen-bond acceptors (Lipinski definition) is 5. The molecule has 0 aliphatic carbocycles. The maximum absolute atomic E-state index is 14.1. The Hall–Kier alpha value is -4.13. The first-order chi connectivity index (χ1) is 18.1. The van der Waals surface area contributed by atoms with Gasteiger partial charge in [-0.25, -0.2) is 4.79 Å². The van der Waals surface area contributed by atoms with Gasteiger partial charge in [0.15, 0.2) is 0 Å². The van der Waals surface area contributed by atoms with E-state index >= 15 is 0 Å². The second-order valence-corrected chi connectivity index (χ2v) is 9.16. The number of alkyl halides is 3. The predicted octanol–water partition coefficient (Wildman–Crippen LogP) is 4.78. The number of rotatable bonds is 5. The maximum atomic E-state index is 14.1. The van der Waals surface area contributed by atoms with Crippen molar-refractivity contribution in [2.45, 2.75) is 38.8 Å². The molecule has 2 heterocycles. The van der Waals surface area contributed by atoms with Gasteiger partial charge in [0.05, 0.1) is 29.4 Å². The number of allylic oxidation sites excluding steroid dienone is 1. The van der Waals surface area contributed by atoms with Crippen LogP contribution in [0, 0.1) is 17.2 Å². The molecule has 0 N–H and O–H groups in total. The fourth-order valence-corrected chi connectivity index (χ4v) is 5.09. The molecule has 1 saturated heterocycles. The molecular formula is C28H26F3N3O4. The second kappa shape index (κ2) is 10.7. The van der Waals surface area contributed by atoms with Crippen molar-refractivity contribution in [1.29, 1.82) is 5.26 Å². The van der Waals surface area contributed by atoms with Crippen molar-refractivity contribution in [2.75, 3.05) is 24.6 Å². The third-order valence-electron chi connectivity index (χ3n) is 6.87. The van der Waals surface area contributed by atoms with E-state index in [1.807, 2.05) is 6.07 Å². The Morgan fingerprint density at radius 1 is 1.11 bits per heavy atom. The molecule has 10 heteroatoms. The molecule has 2 aliphatic heterocycles. The summed E-state index contributed by atoms with van der Waals surface area (Å²) >= 11 is 0. The van der Waals surface area contributed by atoms with Crippen molar-refractivity contribution in [2.24, 2.45) is 5.92 Å². The van der Waals surface area contributed by atoms with Gasteiger partial charge in [-0.05, 0) is 62.6 Å². The van der Waals surface area contributed by atoms with E-state index in [9.17, 15) is 32.8 Å². The zero-order valence-corrected chi connectivity index (χ0v) is 20.9. The fraction of sp³-hybridized carbons (Fsp3) is 0.357. The number of anilines is 1. The number of nitriles is 1. The summed E-state index contributed by atoms with van der Waals surface area (Å²) in [5, 5.41) is 9.22. The van der Waals surface area contributed by atoms with Crippen LogP contribution in [0.15, 0.2) is 59.8 Å². The standard InChI is InChI=1S/C28H26F3N3O4/c1-3-38-27(37)22-17(2)34(21-8-6-7-20(15-21)28(29,30)31)26(36)24(25(35)33-13-4-5-14-33)23(22)19-11-9-18(16-32)10-12-19/h6-12,15,23-24H,3-5,13-14H2,1-2H3. The van der Waals surface area contributed by atoms with Gasteiger partial charge in [0.2, 0.25) is 11.8 Å². The molecule has 2 aromatic carbocycles. The molecule has 1 fully saturated rings. The summed E-state index contributed by atoms with van der Waals surface area (Å²) in [4.78, 5) is 43.8. The van der Waals surface area contributed by atoms with Crippen molar-refractivity contribution in [3.05, 3.63) is 76.5 Å². The van der Waals surface area contributed by atoms with Gasteiger partial charge < -0.3 is 9.64 Å². The van der Waals surface area contributed by atoms with Crippen LogP contribution >= 0.6 is 0 Å². The number of nitrogens with zero attached hydrogens (tertiary/aromatic N) is 3. The lowest BCUT2D eigenvalue weighted by atomic mass is 9.75. The number of benzene rings is 2. The molecule has 2 unspecified atom stereocenters. The topological polar surface area (TPSA) is 90.7 Å². The number of amides is 2. The predicted molar refractivity (Wildman–Crippen MR) is 131 cm³/mol. The summed E-state index contributed by atoms with van der Waals surface area (Å²) in [6.45, 7) is 3.94. The van der Waals surface area contributed by atoms with Crippen molar-refractivity contribution < 1.29 is 32.3 Å². The van der Waals surface area contributed by atoms with Gasteiger partial charge in [-0.2, -0.15) is 18.4 Å². The molecule has 2 atom stereocenters. The van der Waals surface area contributed by atoms with Gasteiger partial charge in [0.25, 0.3) is 0 Å². The third-order valence-corrected chi connectivity index (χ3v) is 6.87. The van der Waals surface area contributed by atoms with Crippen molar-refractivity contribution >= 4 is 23.5 Å². The Balaban J connectivity index is 1.96. The van der Waals surface area contributed by atoms with E-state index in [1.54, 1.807) is 24.0 Å². The largest absolute Gasteiger partial charge is 0.463 e. The Morgan fingerprint density at radius 3 is 2.34 bits per heavy atom. The molecule has 198 valence electrons. The van der Waals surface area contributed by atoms with Crippen LogP contribution in [0.1, 0.15) is 49.3 Å². The molecule has 4 rings (SSSR count). The zero-order valence-electron chi connectivity index (χ0n) is 20.9. The van der Waals surface area contributed by atoms with E-state index in [0.717, 1.165) is 29.9 Å². The lowest BCUT2D eigenvalue weighted by Gasteiger charge is -2.40. The van der Waals surface area contributed by atoms with Gasteiger partial charge in [-0.15, -0.1) is 0 Å². The summed E-state index contributed by atoms with van der Waals surface area (Å²) in [7, 11) is 0. The van der Waals surface area contributed by atoms with Crippen LogP contribution in [0.5, 0.6) is 0 Å². The quantitative estimate of drug-likeness (QED) is 0.414. The second-order valence-electron chi connectivity index (χ2n) is 9.16. The van der Waals surface area contributed by atoms with Crippen molar-refractivity contribution in [3.8, 4) is 6.07 Å². The smallest absolute Gasteiger partial charge is 0.416 e. The summed E-state index contributed by atoms with van der Waals surface area (Å²) in [5.41, 5.74) is -0.200. The van der Waals surface area contributed by atoms with E-state index in [1.165, 1.54) is 31.2 Å². The molecule has 0 spiro atoms. The Kier molecular flexibility index (Phi) is 7.58. The van der Waals surface area contributed by atoms with Crippen LogP contribution in [0.25, 0.3) is 0 Å². The Labute approximate surface area is 218 Å². The van der Waals surface area contributed by atoms with E-state index in [2.05, 4.69) is 0 Å². The molecule has 0 saturated carbocycles. The number of halogens is 3. The number of carbonyl (C=O) groups is 3. The van der Waals surface area contributed by atoms with Gasteiger partial charge in [-0.3, -0.25) is 14.5 Å². The highest BCUT2D eigenvalue weighted by Crippen LogP contribution is 2.44. The molecule has 0 radical (unpaired) electrons. The maximum Gasteiger partial charge on any atom is 0.416 e. The van der Waals surface area contributed by atoms with E-state index in [-0.39, 0.29) is 23.6 Å². The number of ether oxygens (including phenoxy) is 1. The zero-order chi connectivity index (χ0) is 27.6. The number of likely N-dealkylation sites (tertiary alicyclic amines) is 1. The van der Waals surface area contributed by atoms with Gasteiger partial charge in [0, 0.05) is 30.4 Å². The van der Waals surface area contributed by atoms with Crippen LogP contribution < -0.4 is 4.90 Å². The number of hydrogen-bond donors (Lipinski definition) is 0. The molecule has 2 aliphatic rings. The first-order valence-electron chi connectivity index (χ1n) is 12.3. The monoisotopic (exact) mass is 525 g/mol. The fourth-order valence-electron chi connectivity index (χ4n) is 5.09. The van der Waals surface area contributed by atoms with Crippen LogP contribution in [0.4, 0.5) is 18.9 Å². The molecule has 2 aromatic rings. The summed E-state index contributed by atoms with van der Waals surface area (Å²) < 4.78 is 45.9. The van der Waals surface area contributed by atoms with Gasteiger partial charge in [-0.1, -0.05) is 18.2 Å². The van der Waals surface area contributed by atoms with Crippen LogP contribution in [-0.2, 0) is 25.3 Å². The third kappa shape index (κ3) is 5.01. The van der Waals surface area contributed by atoms with Crippen molar-refractivity contribution in [1.82, 2.24) is 4.90 Å². The highest BCUT2D eigenvalue weighted by atomic mass is 19.4. The SMILES string of the molecule is CCOC(=O)C1=C(C)N(c2cccc(C(F)(F)F)c2)C(=O)C(C(=O)N2CCCC2)C1c1ccc(C#N)cc1. The normalized spacial score (nSPS) is 19.9. The van der Waals surface area contributed by atoms with Crippen LogP contribution in [-0.4, -0.2) is 42.4 Å². The average molecular weight is 526 g/mol. The molecule has 0 bridgehead atoms. The van der Waals surface area contributed by atoms with Gasteiger partial charge in [0.1, 0.15) is 5.92 Å². The Bertz CT molecular complexity index is 1320. The first kappa shape index (κ1) is 26.9. The average Bonchev–Trinajstić information content (AvgIpc) is 3.43. The lowest BCUT2D eigenvalue weighted by Crippen LogP contribution is -2.51. The number of carbonyl (C=O) groups excluding carboxylic acids is 3. The molecule has 38 heavy (non-hydrogen) atoms. The van der Waals surface area contributed by atoms with Crippen LogP contribution in [0.3, 0.4) is 0 Å².